The second kappa shape index (κ2) is 9.12. The molecule has 0 amide bonds. The van der Waals surface area contributed by atoms with Gasteiger partial charge in [-0.3, -0.25) is 4.79 Å². The zero-order chi connectivity index (χ0) is 18.2. The van der Waals surface area contributed by atoms with Gasteiger partial charge in [0, 0.05) is 17.7 Å². The van der Waals surface area contributed by atoms with Crippen LogP contribution in [0.2, 0.25) is 0 Å². The van der Waals surface area contributed by atoms with Crippen LogP contribution in [0.25, 0.3) is 11.1 Å². The highest BCUT2D eigenvalue weighted by molar-refractivity contribution is 6.10. The Hall–Kier alpha value is -2.71. The summed E-state index contributed by atoms with van der Waals surface area (Å²) in [5.74, 6) is 0.0410. The molecule has 0 aliphatic rings. The molecule has 0 aliphatic carbocycles. The van der Waals surface area contributed by atoms with Crippen molar-refractivity contribution in [3.05, 3.63) is 95.6 Å². The average molecular weight is 344 g/mol. The van der Waals surface area contributed by atoms with Gasteiger partial charge in [-0.2, -0.15) is 0 Å². The maximum Gasteiger partial charge on any atom is 0.193 e. The van der Waals surface area contributed by atoms with Crippen molar-refractivity contribution in [2.24, 2.45) is 0 Å². The van der Waals surface area contributed by atoms with E-state index in [9.17, 15) is 4.79 Å². The summed E-state index contributed by atoms with van der Waals surface area (Å²) in [6.07, 6.45) is 2.13. The van der Waals surface area contributed by atoms with Crippen molar-refractivity contribution in [2.45, 2.75) is 26.4 Å². The van der Waals surface area contributed by atoms with E-state index in [1.807, 2.05) is 60.7 Å². The van der Waals surface area contributed by atoms with Crippen LogP contribution in [0.4, 0.5) is 0 Å². The van der Waals surface area contributed by atoms with Crippen molar-refractivity contribution >= 4 is 5.78 Å². The molecule has 0 aliphatic heterocycles. The summed E-state index contributed by atoms with van der Waals surface area (Å²) < 4.78 is 5.83. The molecule has 132 valence electrons. The van der Waals surface area contributed by atoms with Crippen LogP contribution in [0.3, 0.4) is 0 Å². The van der Waals surface area contributed by atoms with E-state index in [2.05, 4.69) is 25.1 Å². The Labute approximate surface area is 155 Å². The topological polar surface area (TPSA) is 26.3 Å². The molecule has 0 saturated carbocycles. The van der Waals surface area contributed by atoms with Crippen molar-refractivity contribution < 1.29 is 9.53 Å². The monoisotopic (exact) mass is 344 g/mol. The first-order valence-electron chi connectivity index (χ1n) is 9.15. The quantitative estimate of drug-likeness (QED) is 0.375. The summed E-state index contributed by atoms with van der Waals surface area (Å²) in [4.78, 5) is 12.9. The van der Waals surface area contributed by atoms with E-state index in [1.54, 1.807) is 0 Å². The summed E-state index contributed by atoms with van der Waals surface area (Å²) in [6, 6.07) is 25.7. The van der Waals surface area contributed by atoms with Crippen LogP contribution in [0, 0.1) is 0 Å². The minimum atomic E-state index is 0.0410. The number of hydrogen-bond acceptors (Lipinski definition) is 2. The third-order valence-corrected chi connectivity index (χ3v) is 4.39. The summed E-state index contributed by atoms with van der Waals surface area (Å²) in [5, 5.41) is 0. The molecule has 2 heteroatoms. The number of unbranched alkanes of at least 4 members (excludes halogenated alkanes) is 1. The summed E-state index contributed by atoms with van der Waals surface area (Å²) in [5.41, 5.74) is 4.60. The molecule has 0 N–H and O–H groups in total. The maximum absolute atomic E-state index is 12.9. The highest BCUT2D eigenvalue weighted by Crippen LogP contribution is 2.25. The second-order valence-electron chi connectivity index (χ2n) is 6.34. The highest BCUT2D eigenvalue weighted by atomic mass is 16.5. The lowest BCUT2D eigenvalue weighted by Gasteiger charge is -2.12. The van der Waals surface area contributed by atoms with Crippen LogP contribution < -0.4 is 0 Å². The van der Waals surface area contributed by atoms with Gasteiger partial charge in [-0.25, -0.2) is 0 Å². The lowest BCUT2D eigenvalue weighted by molar-refractivity contribution is 0.101. The van der Waals surface area contributed by atoms with Gasteiger partial charge >= 0.3 is 0 Å². The highest BCUT2D eigenvalue weighted by Gasteiger charge is 2.14. The van der Waals surface area contributed by atoms with Crippen LogP contribution in [-0.4, -0.2) is 12.4 Å². The molecule has 0 atom stereocenters. The molecule has 0 aromatic heterocycles. The molecule has 26 heavy (non-hydrogen) atoms. The van der Waals surface area contributed by atoms with Crippen molar-refractivity contribution in [1.82, 2.24) is 0 Å². The Morgan fingerprint density at radius 1 is 0.846 bits per heavy atom. The van der Waals surface area contributed by atoms with Gasteiger partial charge in [-0.15, -0.1) is 0 Å². The summed E-state index contributed by atoms with van der Waals surface area (Å²) in [7, 11) is 0. The Bertz CT molecular complexity index is 839. The number of carbonyl (C=O) groups is 1. The van der Waals surface area contributed by atoms with E-state index in [-0.39, 0.29) is 5.78 Å². The molecule has 0 radical (unpaired) electrons. The van der Waals surface area contributed by atoms with Gasteiger partial charge in [0.05, 0.1) is 6.61 Å². The SMILES string of the molecule is CCCCOCc1cc(-c2ccccc2)ccc1C(=O)c1ccccc1. The van der Waals surface area contributed by atoms with E-state index in [4.69, 9.17) is 4.74 Å². The molecule has 3 aromatic carbocycles. The minimum Gasteiger partial charge on any atom is -0.377 e. The third-order valence-electron chi connectivity index (χ3n) is 4.39. The van der Waals surface area contributed by atoms with E-state index < -0.39 is 0 Å². The molecule has 2 nitrogen and oxygen atoms in total. The zero-order valence-corrected chi connectivity index (χ0v) is 15.2. The van der Waals surface area contributed by atoms with Crippen LogP contribution in [0.15, 0.2) is 78.9 Å². The molecule has 0 spiro atoms. The Kier molecular flexibility index (Phi) is 6.34. The van der Waals surface area contributed by atoms with Crippen molar-refractivity contribution in [1.29, 1.82) is 0 Å². The molecule has 3 rings (SSSR count). The van der Waals surface area contributed by atoms with Gasteiger partial charge in [-0.05, 0) is 29.2 Å². The Morgan fingerprint density at radius 2 is 1.54 bits per heavy atom. The first kappa shape index (κ1) is 18.1. The fourth-order valence-electron chi connectivity index (χ4n) is 2.92. The van der Waals surface area contributed by atoms with Gasteiger partial charge in [0.25, 0.3) is 0 Å². The molecule has 3 aromatic rings. The lowest BCUT2D eigenvalue weighted by atomic mass is 9.94. The number of carbonyl (C=O) groups excluding carboxylic acids is 1. The van der Waals surface area contributed by atoms with E-state index >= 15 is 0 Å². The first-order chi connectivity index (χ1) is 12.8. The van der Waals surface area contributed by atoms with Gasteiger partial charge < -0.3 is 4.74 Å². The molecule has 0 unspecified atom stereocenters. The minimum absolute atomic E-state index is 0.0410. The number of benzene rings is 3. The molecule has 0 heterocycles. The number of rotatable bonds is 8. The lowest BCUT2D eigenvalue weighted by Crippen LogP contribution is -2.07. The summed E-state index contributed by atoms with van der Waals surface area (Å²) >= 11 is 0. The van der Waals surface area contributed by atoms with Crippen LogP contribution in [0.1, 0.15) is 41.3 Å². The van der Waals surface area contributed by atoms with Crippen molar-refractivity contribution in [3.8, 4) is 11.1 Å². The largest absolute Gasteiger partial charge is 0.377 e. The molecular formula is C24H24O2. The fraction of sp³-hybridized carbons (Fsp3) is 0.208. The van der Waals surface area contributed by atoms with Gasteiger partial charge in [-0.1, -0.05) is 86.1 Å². The molecule has 0 saturated heterocycles. The number of hydrogen-bond donors (Lipinski definition) is 0. The number of ether oxygens (including phenoxy) is 1. The smallest absolute Gasteiger partial charge is 0.193 e. The van der Waals surface area contributed by atoms with Crippen LogP contribution >= 0.6 is 0 Å². The van der Waals surface area contributed by atoms with Gasteiger partial charge in [0.2, 0.25) is 0 Å². The van der Waals surface area contributed by atoms with E-state index in [1.165, 1.54) is 0 Å². The van der Waals surface area contributed by atoms with Crippen LogP contribution in [-0.2, 0) is 11.3 Å². The van der Waals surface area contributed by atoms with Crippen molar-refractivity contribution in [3.63, 3.8) is 0 Å². The molecule has 0 fully saturated rings. The average Bonchev–Trinajstić information content (AvgIpc) is 2.72. The van der Waals surface area contributed by atoms with E-state index in [0.717, 1.165) is 29.5 Å². The van der Waals surface area contributed by atoms with Crippen LogP contribution in [0.5, 0.6) is 0 Å². The fourth-order valence-corrected chi connectivity index (χ4v) is 2.92. The van der Waals surface area contributed by atoms with Gasteiger partial charge in [0.1, 0.15) is 0 Å². The molecule has 0 bridgehead atoms. The van der Waals surface area contributed by atoms with Crippen molar-refractivity contribution in [2.75, 3.05) is 6.61 Å². The normalized spacial score (nSPS) is 10.7. The molecular weight excluding hydrogens is 320 g/mol. The standard InChI is InChI=1S/C24H24O2/c1-2-3-16-26-18-22-17-21(19-10-6-4-7-11-19)14-15-23(22)24(25)20-12-8-5-9-13-20/h4-15,17H,2-3,16,18H2,1H3. The third kappa shape index (κ3) is 4.47. The maximum atomic E-state index is 12.9. The predicted octanol–water partition coefficient (Wildman–Crippen LogP) is 5.90. The summed E-state index contributed by atoms with van der Waals surface area (Å²) in [6.45, 7) is 3.31. The zero-order valence-electron chi connectivity index (χ0n) is 15.2. The number of ketones is 1. The first-order valence-corrected chi connectivity index (χ1v) is 9.15. The predicted molar refractivity (Wildman–Crippen MR) is 106 cm³/mol. The van der Waals surface area contributed by atoms with Gasteiger partial charge in [0.15, 0.2) is 5.78 Å². The Morgan fingerprint density at radius 3 is 2.23 bits per heavy atom. The Balaban J connectivity index is 1.93. The van der Waals surface area contributed by atoms with E-state index in [0.29, 0.717) is 24.3 Å². The second-order valence-corrected chi connectivity index (χ2v) is 6.34.